The Morgan fingerprint density at radius 3 is 2.71 bits per heavy atom. The fraction of sp³-hybridized carbons (Fsp3) is 0.900. The monoisotopic (exact) mass is 261 g/mol. The summed E-state index contributed by atoms with van der Waals surface area (Å²) >= 11 is 0. The van der Waals surface area contributed by atoms with Gasteiger partial charge in [0.15, 0.2) is 0 Å². The van der Waals surface area contributed by atoms with E-state index in [9.17, 15) is 13.2 Å². The maximum absolute atomic E-state index is 11.9. The van der Waals surface area contributed by atoms with Crippen molar-refractivity contribution in [3.8, 4) is 0 Å². The first kappa shape index (κ1) is 12.8. The van der Waals surface area contributed by atoms with Crippen LogP contribution in [-0.4, -0.2) is 57.2 Å². The predicted molar refractivity (Wildman–Crippen MR) is 63.9 cm³/mol. The van der Waals surface area contributed by atoms with Gasteiger partial charge in [-0.05, 0) is 6.42 Å². The van der Waals surface area contributed by atoms with Gasteiger partial charge in [-0.15, -0.1) is 0 Å². The van der Waals surface area contributed by atoms with E-state index in [1.165, 1.54) is 0 Å². The van der Waals surface area contributed by atoms with Crippen LogP contribution in [0.25, 0.3) is 0 Å². The lowest BCUT2D eigenvalue weighted by Crippen LogP contribution is -2.52. The highest BCUT2D eigenvalue weighted by molar-refractivity contribution is 7.90. The molecule has 2 fully saturated rings. The number of carbonyl (C=O) groups is 1. The van der Waals surface area contributed by atoms with Gasteiger partial charge in [0.1, 0.15) is 0 Å². The molecule has 2 heterocycles. The van der Waals surface area contributed by atoms with Crippen LogP contribution in [0.4, 0.5) is 0 Å². The summed E-state index contributed by atoms with van der Waals surface area (Å²) < 4.78 is 26.1. The molecule has 2 aliphatic rings. The number of hydrogen-bond donors (Lipinski definition) is 2. The molecule has 0 radical (unpaired) electrons. The Hall–Kier alpha value is -0.660. The molecule has 0 spiro atoms. The van der Waals surface area contributed by atoms with Crippen LogP contribution >= 0.6 is 0 Å². The zero-order valence-corrected chi connectivity index (χ0v) is 10.8. The molecular weight excluding hydrogens is 242 g/mol. The minimum absolute atomic E-state index is 0.0515. The molecule has 0 saturated carbocycles. The lowest BCUT2D eigenvalue weighted by molar-refractivity contribution is -0.135. The molecule has 2 aliphatic heterocycles. The van der Waals surface area contributed by atoms with Crippen LogP contribution in [0.3, 0.4) is 0 Å². The molecule has 1 atom stereocenters. The molecule has 0 aromatic carbocycles. The van der Waals surface area contributed by atoms with Gasteiger partial charge in [0.25, 0.3) is 0 Å². The third kappa shape index (κ3) is 2.61. The smallest absolute Gasteiger partial charge is 0.228 e. The van der Waals surface area contributed by atoms with Crippen LogP contribution in [0.2, 0.25) is 0 Å². The van der Waals surface area contributed by atoms with Gasteiger partial charge in [-0.1, -0.05) is 6.92 Å². The van der Waals surface area contributed by atoms with Crippen molar-refractivity contribution in [1.82, 2.24) is 14.9 Å². The number of hydrogen-bond acceptors (Lipinski definition) is 4. The molecule has 0 bridgehead atoms. The maximum Gasteiger partial charge on any atom is 0.228 e. The fourth-order valence-corrected chi connectivity index (χ4v) is 3.65. The van der Waals surface area contributed by atoms with E-state index in [4.69, 9.17) is 0 Å². The third-order valence-electron chi connectivity index (χ3n) is 3.37. The number of nitrogens with one attached hydrogen (secondary N) is 2. The van der Waals surface area contributed by atoms with Gasteiger partial charge in [0.2, 0.25) is 15.9 Å². The van der Waals surface area contributed by atoms with Crippen molar-refractivity contribution in [2.24, 2.45) is 5.92 Å². The Bertz CT molecular complexity index is 392. The predicted octanol–water partition coefficient (Wildman–Crippen LogP) is -1.25. The van der Waals surface area contributed by atoms with Gasteiger partial charge in [-0.25, -0.2) is 13.1 Å². The van der Waals surface area contributed by atoms with Gasteiger partial charge < -0.3 is 10.2 Å². The summed E-state index contributed by atoms with van der Waals surface area (Å²) in [6, 6.07) is 0. The molecular formula is C10H19N3O3S. The van der Waals surface area contributed by atoms with Gasteiger partial charge in [0, 0.05) is 32.7 Å². The third-order valence-corrected chi connectivity index (χ3v) is 5.33. The highest BCUT2D eigenvalue weighted by Gasteiger charge is 2.38. The van der Waals surface area contributed by atoms with Gasteiger partial charge in [0.05, 0.1) is 11.2 Å². The molecule has 0 aromatic heterocycles. The normalized spacial score (nSPS) is 25.9. The van der Waals surface area contributed by atoms with E-state index >= 15 is 0 Å². The molecule has 2 N–H and O–H groups in total. The Morgan fingerprint density at radius 2 is 2.18 bits per heavy atom. The summed E-state index contributed by atoms with van der Waals surface area (Å²) in [5.41, 5.74) is 0. The van der Waals surface area contributed by atoms with Crippen LogP contribution in [0.15, 0.2) is 0 Å². The topological polar surface area (TPSA) is 78.5 Å². The average molecular weight is 261 g/mol. The van der Waals surface area contributed by atoms with Crippen molar-refractivity contribution >= 4 is 15.9 Å². The lowest BCUT2D eigenvalue weighted by atomic mass is 10.0. The molecule has 2 rings (SSSR count). The zero-order chi connectivity index (χ0) is 12.5. The van der Waals surface area contributed by atoms with Crippen molar-refractivity contribution < 1.29 is 13.2 Å². The summed E-state index contributed by atoms with van der Waals surface area (Å²) in [5, 5.41) is 2.60. The van der Waals surface area contributed by atoms with Crippen LogP contribution in [-0.2, 0) is 14.8 Å². The highest BCUT2D eigenvalue weighted by Crippen LogP contribution is 2.19. The molecule has 98 valence electrons. The SMILES string of the molecule is CCNS(=O)(=O)C1CCN(C(=O)C2CNC2)C1. The van der Waals surface area contributed by atoms with E-state index in [1.54, 1.807) is 11.8 Å². The summed E-state index contributed by atoms with van der Waals surface area (Å²) in [4.78, 5) is 13.6. The number of likely N-dealkylation sites (tertiary alicyclic amines) is 1. The van der Waals surface area contributed by atoms with E-state index in [0.29, 0.717) is 26.1 Å². The Kier molecular flexibility index (Phi) is 3.70. The number of nitrogens with zero attached hydrogens (tertiary/aromatic N) is 1. The van der Waals surface area contributed by atoms with E-state index in [0.717, 1.165) is 13.1 Å². The number of rotatable bonds is 4. The van der Waals surface area contributed by atoms with Crippen LogP contribution in [0, 0.1) is 5.92 Å². The quantitative estimate of drug-likeness (QED) is 0.662. The Labute approximate surface area is 102 Å². The second-order valence-corrected chi connectivity index (χ2v) is 6.64. The van der Waals surface area contributed by atoms with E-state index in [2.05, 4.69) is 10.0 Å². The first-order valence-electron chi connectivity index (χ1n) is 6.02. The average Bonchev–Trinajstić information content (AvgIpc) is 2.63. The number of amides is 1. The molecule has 0 aromatic rings. The van der Waals surface area contributed by atoms with Crippen molar-refractivity contribution in [2.75, 3.05) is 32.7 Å². The highest BCUT2D eigenvalue weighted by atomic mass is 32.2. The fourth-order valence-electron chi connectivity index (χ4n) is 2.22. The van der Waals surface area contributed by atoms with Crippen molar-refractivity contribution in [1.29, 1.82) is 0 Å². The van der Waals surface area contributed by atoms with Crippen LogP contribution < -0.4 is 10.0 Å². The zero-order valence-electron chi connectivity index (χ0n) is 9.98. The molecule has 6 nitrogen and oxygen atoms in total. The Balaban J connectivity index is 1.93. The summed E-state index contributed by atoms with van der Waals surface area (Å²) in [7, 11) is -3.25. The standard InChI is InChI=1S/C10H19N3O3S/c1-2-12-17(15,16)9-3-4-13(7-9)10(14)8-5-11-6-8/h8-9,11-12H,2-7H2,1H3. The van der Waals surface area contributed by atoms with Gasteiger partial charge in [-0.3, -0.25) is 4.79 Å². The number of sulfonamides is 1. The molecule has 2 saturated heterocycles. The van der Waals surface area contributed by atoms with E-state index in [1.807, 2.05) is 0 Å². The number of carbonyl (C=O) groups excluding carboxylic acids is 1. The van der Waals surface area contributed by atoms with Gasteiger partial charge in [-0.2, -0.15) is 0 Å². The lowest BCUT2D eigenvalue weighted by Gasteiger charge is -2.30. The van der Waals surface area contributed by atoms with Crippen molar-refractivity contribution in [2.45, 2.75) is 18.6 Å². The second kappa shape index (κ2) is 4.91. The molecule has 1 unspecified atom stereocenters. The minimum atomic E-state index is -3.25. The van der Waals surface area contributed by atoms with Crippen molar-refractivity contribution in [3.63, 3.8) is 0 Å². The van der Waals surface area contributed by atoms with Crippen LogP contribution in [0.1, 0.15) is 13.3 Å². The Morgan fingerprint density at radius 1 is 1.47 bits per heavy atom. The van der Waals surface area contributed by atoms with E-state index in [-0.39, 0.29) is 11.8 Å². The first-order valence-corrected chi connectivity index (χ1v) is 7.57. The molecule has 7 heteroatoms. The maximum atomic E-state index is 11.9. The summed E-state index contributed by atoms with van der Waals surface area (Å²) in [6.07, 6.45) is 0.543. The van der Waals surface area contributed by atoms with Gasteiger partial charge >= 0.3 is 0 Å². The summed E-state index contributed by atoms with van der Waals surface area (Å²) in [5.74, 6) is 0.147. The van der Waals surface area contributed by atoms with E-state index < -0.39 is 15.3 Å². The largest absolute Gasteiger partial charge is 0.341 e. The molecule has 17 heavy (non-hydrogen) atoms. The second-order valence-electron chi connectivity index (χ2n) is 4.59. The van der Waals surface area contributed by atoms with Crippen LogP contribution in [0.5, 0.6) is 0 Å². The first-order chi connectivity index (χ1) is 8.04. The van der Waals surface area contributed by atoms with Crippen molar-refractivity contribution in [3.05, 3.63) is 0 Å². The summed E-state index contributed by atoms with van der Waals surface area (Å²) in [6.45, 7) is 4.50. The molecule has 1 amide bonds. The molecule has 0 aliphatic carbocycles. The minimum Gasteiger partial charge on any atom is -0.341 e.